The lowest BCUT2D eigenvalue weighted by Crippen LogP contribution is -2.41. The van der Waals surface area contributed by atoms with E-state index in [2.05, 4.69) is 57.6 Å². The van der Waals surface area contributed by atoms with Crippen molar-refractivity contribution < 1.29 is 23.3 Å². The van der Waals surface area contributed by atoms with Crippen LogP contribution in [0.15, 0.2) is 66.7 Å². The maximum Gasteiger partial charge on any atom is 0.142 e. The molecule has 3 heterocycles. The molecular weight excluding hydrogens is 533 g/mol. The van der Waals surface area contributed by atoms with E-state index in [-0.39, 0.29) is 18.0 Å². The van der Waals surface area contributed by atoms with E-state index in [0.29, 0.717) is 19.1 Å². The predicted molar refractivity (Wildman–Crippen MR) is 164 cm³/mol. The molecule has 0 amide bonds. The number of halogens is 1. The third-order valence-corrected chi connectivity index (χ3v) is 8.60. The molecule has 2 fully saturated rings. The van der Waals surface area contributed by atoms with Crippen LogP contribution >= 0.6 is 0 Å². The largest absolute Gasteiger partial charge is 0.490 e. The summed E-state index contributed by atoms with van der Waals surface area (Å²) in [6, 6.07) is 21.7. The second-order valence-corrected chi connectivity index (χ2v) is 11.5. The van der Waals surface area contributed by atoms with Crippen molar-refractivity contribution in [3.8, 4) is 11.5 Å². The van der Waals surface area contributed by atoms with Gasteiger partial charge in [-0.1, -0.05) is 18.2 Å². The number of ether oxygens (including phenoxy) is 4. The smallest absolute Gasteiger partial charge is 0.142 e. The Morgan fingerprint density at radius 2 is 1.86 bits per heavy atom. The number of hydrogen-bond donors (Lipinski definition) is 1. The Morgan fingerprint density at radius 3 is 2.69 bits per heavy atom. The molecule has 0 aromatic heterocycles. The zero-order chi connectivity index (χ0) is 28.7. The summed E-state index contributed by atoms with van der Waals surface area (Å²) in [5.41, 5.74) is 4.64. The van der Waals surface area contributed by atoms with Crippen LogP contribution in [0.3, 0.4) is 0 Å². The molecule has 3 aliphatic heterocycles. The van der Waals surface area contributed by atoms with Gasteiger partial charge in [-0.3, -0.25) is 0 Å². The van der Waals surface area contributed by atoms with Crippen molar-refractivity contribution in [2.75, 3.05) is 69.4 Å². The van der Waals surface area contributed by atoms with Crippen LogP contribution in [0.4, 0.5) is 15.8 Å². The third kappa shape index (κ3) is 7.00. The van der Waals surface area contributed by atoms with Crippen molar-refractivity contribution >= 4 is 11.4 Å². The number of benzene rings is 3. The fourth-order valence-electron chi connectivity index (χ4n) is 6.33. The third-order valence-electron chi connectivity index (χ3n) is 8.60. The number of methoxy groups -OCH3 is 1. The first kappa shape index (κ1) is 28.8. The van der Waals surface area contributed by atoms with Crippen LogP contribution in [0, 0.1) is 5.82 Å². The van der Waals surface area contributed by atoms with Gasteiger partial charge in [-0.25, -0.2) is 4.39 Å². The lowest BCUT2D eigenvalue weighted by molar-refractivity contribution is 0.0106. The van der Waals surface area contributed by atoms with E-state index in [1.165, 1.54) is 17.7 Å². The summed E-state index contributed by atoms with van der Waals surface area (Å²) in [5, 5.41) is 3.52. The van der Waals surface area contributed by atoms with Crippen LogP contribution in [-0.2, 0) is 16.1 Å². The summed E-state index contributed by atoms with van der Waals surface area (Å²) < 4.78 is 37.4. The van der Waals surface area contributed by atoms with Crippen LogP contribution < -0.4 is 24.6 Å². The van der Waals surface area contributed by atoms with Gasteiger partial charge in [0, 0.05) is 51.4 Å². The van der Waals surface area contributed by atoms with Gasteiger partial charge in [0.25, 0.3) is 0 Å². The van der Waals surface area contributed by atoms with E-state index in [4.69, 9.17) is 18.9 Å². The van der Waals surface area contributed by atoms with Crippen molar-refractivity contribution in [3.63, 3.8) is 0 Å². The summed E-state index contributed by atoms with van der Waals surface area (Å²) in [5.74, 6) is 1.96. The van der Waals surface area contributed by atoms with Gasteiger partial charge in [0.05, 0.1) is 31.5 Å². The molecule has 42 heavy (non-hydrogen) atoms. The number of rotatable bonds is 11. The van der Waals surface area contributed by atoms with Crippen LogP contribution in [0.2, 0.25) is 0 Å². The van der Waals surface area contributed by atoms with Crippen molar-refractivity contribution in [1.82, 2.24) is 5.32 Å². The SMILES string of the molecule is COCCCN1CCOc2ccc(CO[C@H]3CNCC[C@@H]3c3ccc(O[C@H]4CCN(c5ccc(F)cc5)C4)cc3)cc21. The van der Waals surface area contributed by atoms with Gasteiger partial charge in [-0.05, 0) is 79.0 Å². The molecule has 1 N–H and O–H groups in total. The molecule has 6 rings (SSSR count). The van der Waals surface area contributed by atoms with Crippen LogP contribution in [0.1, 0.15) is 36.3 Å². The van der Waals surface area contributed by atoms with Gasteiger partial charge in [0.15, 0.2) is 0 Å². The van der Waals surface area contributed by atoms with Crippen LogP contribution in [0.25, 0.3) is 0 Å². The van der Waals surface area contributed by atoms with Crippen LogP contribution in [0.5, 0.6) is 11.5 Å². The lowest BCUT2D eigenvalue weighted by atomic mass is 9.87. The number of hydrogen-bond acceptors (Lipinski definition) is 7. The van der Waals surface area contributed by atoms with E-state index >= 15 is 0 Å². The molecule has 0 radical (unpaired) electrons. The second kappa shape index (κ2) is 13.8. The normalized spacial score (nSPS) is 22.1. The highest BCUT2D eigenvalue weighted by molar-refractivity contribution is 5.61. The number of nitrogens with zero attached hydrogens (tertiary/aromatic N) is 2. The molecule has 2 saturated heterocycles. The zero-order valence-electron chi connectivity index (χ0n) is 24.5. The molecule has 7 nitrogen and oxygen atoms in total. The number of piperidine rings is 1. The number of fused-ring (bicyclic) bond motifs is 1. The van der Waals surface area contributed by atoms with Gasteiger partial charge in [-0.2, -0.15) is 0 Å². The molecule has 3 atom stereocenters. The second-order valence-electron chi connectivity index (χ2n) is 11.5. The molecule has 0 spiro atoms. The molecule has 3 aromatic carbocycles. The average molecular weight is 576 g/mol. The molecule has 3 aliphatic rings. The van der Waals surface area contributed by atoms with Crippen molar-refractivity contribution in [3.05, 3.63) is 83.7 Å². The Labute approximate surface area is 248 Å². The summed E-state index contributed by atoms with van der Waals surface area (Å²) in [4.78, 5) is 4.64. The highest BCUT2D eigenvalue weighted by Crippen LogP contribution is 2.34. The zero-order valence-corrected chi connectivity index (χ0v) is 24.5. The van der Waals surface area contributed by atoms with Crippen molar-refractivity contribution in [1.29, 1.82) is 0 Å². The Hall–Kier alpha value is -3.33. The van der Waals surface area contributed by atoms with Crippen LogP contribution in [-0.4, -0.2) is 71.8 Å². The monoisotopic (exact) mass is 575 g/mol. The Kier molecular flexibility index (Phi) is 9.43. The maximum absolute atomic E-state index is 13.3. The number of anilines is 2. The summed E-state index contributed by atoms with van der Waals surface area (Å²) >= 11 is 0. The maximum atomic E-state index is 13.3. The van der Waals surface area contributed by atoms with E-state index in [0.717, 1.165) is 93.6 Å². The van der Waals surface area contributed by atoms with E-state index < -0.39 is 0 Å². The molecule has 8 heteroatoms. The van der Waals surface area contributed by atoms with E-state index in [9.17, 15) is 4.39 Å². The summed E-state index contributed by atoms with van der Waals surface area (Å²) in [6.45, 7) is 7.41. The number of nitrogens with one attached hydrogen (secondary N) is 1. The molecule has 0 bridgehead atoms. The summed E-state index contributed by atoms with van der Waals surface area (Å²) in [7, 11) is 1.75. The minimum absolute atomic E-state index is 0.0923. The fourth-order valence-corrected chi connectivity index (χ4v) is 6.33. The molecular formula is C34H42FN3O4. The van der Waals surface area contributed by atoms with Gasteiger partial charge in [0.1, 0.15) is 30.0 Å². The highest BCUT2D eigenvalue weighted by Gasteiger charge is 2.28. The molecule has 224 valence electrons. The first-order chi connectivity index (χ1) is 20.7. The molecule has 0 saturated carbocycles. The lowest BCUT2D eigenvalue weighted by Gasteiger charge is -2.33. The topological polar surface area (TPSA) is 55.4 Å². The Balaban J connectivity index is 1.04. The van der Waals surface area contributed by atoms with Gasteiger partial charge < -0.3 is 34.1 Å². The Morgan fingerprint density at radius 1 is 1.00 bits per heavy atom. The highest BCUT2D eigenvalue weighted by atomic mass is 19.1. The van der Waals surface area contributed by atoms with E-state index in [1.54, 1.807) is 7.11 Å². The molecule has 3 aromatic rings. The minimum Gasteiger partial charge on any atom is -0.490 e. The Bertz CT molecular complexity index is 1290. The van der Waals surface area contributed by atoms with E-state index in [1.807, 2.05) is 12.1 Å². The predicted octanol–water partition coefficient (Wildman–Crippen LogP) is 5.38. The first-order valence-corrected chi connectivity index (χ1v) is 15.3. The quantitative estimate of drug-likeness (QED) is 0.308. The standard InChI is InChI=1S/C34H42FN3O4/c1-39-19-2-16-37-18-20-40-33-12-3-25(21-32(33)37)24-41-34-22-36-15-13-31(34)26-4-10-29(11-5-26)42-30-14-17-38(23-30)28-8-6-27(35)7-9-28/h3-12,21,30-31,34,36H,2,13-20,22-24H2,1H3/t30-,31+,34-/m0/s1. The fraction of sp³-hybridized carbons (Fsp3) is 0.471. The van der Waals surface area contributed by atoms with Gasteiger partial charge in [-0.15, -0.1) is 0 Å². The molecule has 0 unspecified atom stereocenters. The minimum atomic E-state index is -0.207. The van der Waals surface area contributed by atoms with Gasteiger partial charge in [0.2, 0.25) is 0 Å². The summed E-state index contributed by atoms with van der Waals surface area (Å²) in [6.07, 6.45) is 3.18. The first-order valence-electron chi connectivity index (χ1n) is 15.3. The van der Waals surface area contributed by atoms with Gasteiger partial charge >= 0.3 is 0 Å². The molecule has 0 aliphatic carbocycles. The van der Waals surface area contributed by atoms with Crippen molar-refractivity contribution in [2.24, 2.45) is 0 Å². The van der Waals surface area contributed by atoms with Crippen molar-refractivity contribution in [2.45, 2.75) is 44.0 Å². The average Bonchev–Trinajstić information content (AvgIpc) is 3.49.